The minimum atomic E-state index is -0.0478. The predicted molar refractivity (Wildman–Crippen MR) is 62.2 cm³/mol. The average molecular weight is 222 g/mol. The van der Waals surface area contributed by atoms with Crippen molar-refractivity contribution in [1.82, 2.24) is 15.1 Å². The quantitative estimate of drug-likeness (QED) is 0.778. The lowest BCUT2D eigenvalue weighted by Crippen LogP contribution is -2.43. The van der Waals surface area contributed by atoms with Crippen molar-refractivity contribution in [2.45, 2.75) is 32.2 Å². The van der Waals surface area contributed by atoms with E-state index >= 15 is 0 Å². The first-order valence-electron chi connectivity index (χ1n) is 5.71. The Morgan fingerprint density at radius 1 is 1.62 bits per heavy atom. The highest BCUT2D eigenvalue weighted by molar-refractivity contribution is 5.95. The van der Waals surface area contributed by atoms with E-state index in [1.54, 1.807) is 10.9 Å². The Bertz CT molecular complexity index is 379. The van der Waals surface area contributed by atoms with E-state index < -0.39 is 0 Å². The van der Waals surface area contributed by atoms with Gasteiger partial charge in [0.1, 0.15) is 0 Å². The normalized spacial score (nSPS) is 20.8. The van der Waals surface area contributed by atoms with Gasteiger partial charge in [0.05, 0.1) is 23.6 Å². The number of aryl methyl sites for hydroxylation is 1. The van der Waals surface area contributed by atoms with Crippen molar-refractivity contribution in [1.29, 1.82) is 0 Å². The van der Waals surface area contributed by atoms with Gasteiger partial charge in [0, 0.05) is 7.05 Å². The number of nitrogens with one attached hydrogen (secondary N) is 2. The van der Waals surface area contributed by atoms with E-state index in [2.05, 4.69) is 15.7 Å². The zero-order chi connectivity index (χ0) is 11.5. The van der Waals surface area contributed by atoms with E-state index in [9.17, 15) is 4.79 Å². The van der Waals surface area contributed by atoms with Crippen LogP contribution in [0.3, 0.4) is 0 Å². The van der Waals surface area contributed by atoms with Crippen LogP contribution < -0.4 is 10.6 Å². The molecule has 5 heteroatoms. The second-order valence-corrected chi connectivity index (χ2v) is 4.26. The van der Waals surface area contributed by atoms with Crippen LogP contribution in [0.5, 0.6) is 0 Å². The largest absolute Gasteiger partial charge is 0.322 e. The molecule has 2 N–H and O–H groups in total. The summed E-state index contributed by atoms with van der Waals surface area (Å²) in [5, 5.41) is 10.2. The van der Waals surface area contributed by atoms with Crippen LogP contribution in [0.15, 0.2) is 6.20 Å². The third-order valence-electron chi connectivity index (χ3n) is 3.12. The van der Waals surface area contributed by atoms with Crippen molar-refractivity contribution in [2.24, 2.45) is 7.05 Å². The summed E-state index contributed by atoms with van der Waals surface area (Å²) in [5.41, 5.74) is 1.78. The number of amides is 1. The summed E-state index contributed by atoms with van der Waals surface area (Å²) >= 11 is 0. The van der Waals surface area contributed by atoms with Crippen LogP contribution in [0.2, 0.25) is 0 Å². The lowest BCUT2D eigenvalue weighted by Gasteiger charge is -2.22. The van der Waals surface area contributed by atoms with E-state index in [1.165, 1.54) is 0 Å². The summed E-state index contributed by atoms with van der Waals surface area (Å²) in [6.07, 6.45) is 4.90. The van der Waals surface area contributed by atoms with Crippen molar-refractivity contribution in [3.63, 3.8) is 0 Å². The fourth-order valence-corrected chi connectivity index (χ4v) is 1.92. The maximum atomic E-state index is 11.9. The Labute approximate surface area is 95.2 Å². The highest BCUT2D eigenvalue weighted by atomic mass is 16.2. The minimum Gasteiger partial charge on any atom is -0.322 e. The van der Waals surface area contributed by atoms with Gasteiger partial charge in [-0.2, -0.15) is 5.10 Å². The zero-order valence-electron chi connectivity index (χ0n) is 9.79. The molecule has 1 atom stereocenters. The molecule has 2 rings (SSSR count). The number of rotatable bonds is 2. The third kappa shape index (κ3) is 2.24. The topological polar surface area (TPSA) is 59.0 Å². The first-order valence-corrected chi connectivity index (χ1v) is 5.71. The Balaban J connectivity index is 1.98. The van der Waals surface area contributed by atoms with Gasteiger partial charge in [-0.05, 0) is 26.3 Å². The fraction of sp³-hybridized carbons (Fsp3) is 0.636. The molecule has 5 nitrogen and oxygen atoms in total. The molecule has 1 aromatic heterocycles. The summed E-state index contributed by atoms with van der Waals surface area (Å²) in [7, 11) is 1.86. The number of hydrogen-bond donors (Lipinski definition) is 2. The molecule has 2 heterocycles. The molecular weight excluding hydrogens is 204 g/mol. The maximum Gasteiger partial charge on any atom is 0.241 e. The SMILES string of the molecule is Cc1c(NC(=O)[C@@H]2CCCCN2)cnn1C. The Kier molecular flexibility index (Phi) is 3.24. The van der Waals surface area contributed by atoms with Gasteiger partial charge in [-0.3, -0.25) is 9.48 Å². The van der Waals surface area contributed by atoms with E-state index in [1.807, 2.05) is 14.0 Å². The number of piperidine rings is 1. The average Bonchev–Trinajstić information content (AvgIpc) is 2.62. The summed E-state index contributed by atoms with van der Waals surface area (Å²) in [4.78, 5) is 11.9. The van der Waals surface area contributed by atoms with Crippen molar-refractivity contribution < 1.29 is 4.79 Å². The number of nitrogens with zero attached hydrogens (tertiary/aromatic N) is 2. The van der Waals surface area contributed by atoms with Crippen LogP contribution in [-0.4, -0.2) is 28.3 Å². The molecule has 0 saturated carbocycles. The minimum absolute atomic E-state index is 0.0478. The van der Waals surface area contributed by atoms with Gasteiger partial charge in [0.2, 0.25) is 5.91 Å². The first kappa shape index (κ1) is 11.1. The highest BCUT2D eigenvalue weighted by Gasteiger charge is 2.21. The van der Waals surface area contributed by atoms with Crippen LogP contribution in [-0.2, 0) is 11.8 Å². The number of hydrogen-bond acceptors (Lipinski definition) is 3. The molecule has 1 aromatic rings. The van der Waals surface area contributed by atoms with E-state index in [4.69, 9.17) is 0 Å². The van der Waals surface area contributed by atoms with Crippen LogP contribution in [0.1, 0.15) is 25.0 Å². The van der Waals surface area contributed by atoms with E-state index in [-0.39, 0.29) is 11.9 Å². The monoisotopic (exact) mass is 222 g/mol. The molecule has 0 aliphatic carbocycles. The molecule has 1 fully saturated rings. The standard InChI is InChI=1S/C11H18N4O/c1-8-10(7-13-15(8)2)14-11(16)9-5-3-4-6-12-9/h7,9,12H,3-6H2,1-2H3,(H,14,16)/t9-/m0/s1. The summed E-state index contributed by atoms with van der Waals surface area (Å²) in [6, 6.07) is -0.0478. The van der Waals surface area contributed by atoms with Crippen LogP contribution >= 0.6 is 0 Å². The maximum absolute atomic E-state index is 11.9. The fourth-order valence-electron chi connectivity index (χ4n) is 1.92. The molecule has 0 spiro atoms. The van der Waals surface area contributed by atoms with Crippen molar-refractivity contribution in [2.75, 3.05) is 11.9 Å². The van der Waals surface area contributed by atoms with Crippen molar-refractivity contribution >= 4 is 11.6 Å². The van der Waals surface area contributed by atoms with E-state index in [0.717, 1.165) is 37.2 Å². The number of carbonyl (C=O) groups is 1. The van der Waals surface area contributed by atoms with Gasteiger partial charge in [-0.15, -0.1) is 0 Å². The Morgan fingerprint density at radius 2 is 2.44 bits per heavy atom. The molecule has 88 valence electrons. The summed E-state index contributed by atoms with van der Waals surface area (Å²) < 4.78 is 1.75. The zero-order valence-corrected chi connectivity index (χ0v) is 9.79. The van der Waals surface area contributed by atoms with Gasteiger partial charge in [-0.1, -0.05) is 6.42 Å². The molecular formula is C11H18N4O. The molecule has 1 saturated heterocycles. The molecule has 0 radical (unpaired) electrons. The lowest BCUT2D eigenvalue weighted by atomic mass is 10.0. The second kappa shape index (κ2) is 4.65. The number of anilines is 1. The predicted octanol–water partition coefficient (Wildman–Crippen LogP) is 0.809. The molecule has 1 aliphatic rings. The van der Waals surface area contributed by atoms with E-state index in [0.29, 0.717) is 0 Å². The first-order chi connectivity index (χ1) is 7.68. The number of aromatic nitrogens is 2. The second-order valence-electron chi connectivity index (χ2n) is 4.26. The van der Waals surface area contributed by atoms with Crippen LogP contribution in [0.25, 0.3) is 0 Å². The van der Waals surface area contributed by atoms with Crippen LogP contribution in [0, 0.1) is 6.92 Å². The smallest absolute Gasteiger partial charge is 0.241 e. The van der Waals surface area contributed by atoms with Crippen molar-refractivity contribution in [3.05, 3.63) is 11.9 Å². The summed E-state index contributed by atoms with van der Waals surface area (Å²) in [5.74, 6) is 0.0517. The van der Waals surface area contributed by atoms with Gasteiger partial charge < -0.3 is 10.6 Å². The van der Waals surface area contributed by atoms with Crippen molar-refractivity contribution in [3.8, 4) is 0 Å². The van der Waals surface area contributed by atoms with Gasteiger partial charge >= 0.3 is 0 Å². The molecule has 0 aromatic carbocycles. The molecule has 0 bridgehead atoms. The third-order valence-corrected chi connectivity index (χ3v) is 3.12. The van der Waals surface area contributed by atoms with Gasteiger partial charge in [0.15, 0.2) is 0 Å². The van der Waals surface area contributed by atoms with Gasteiger partial charge in [0.25, 0.3) is 0 Å². The molecule has 0 unspecified atom stereocenters. The Hall–Kier alpha value is -1.36. The molecule has 1 aliphatic heterocycles. The molecule has 1 amide bonds. The van der Waals surface area contributed by atoms with Gasteiger partial charge in [-0.25, -0.2) is 0 Å². The summed E-state index contributed by atoms with van der Waals surface area (Å²) in [6.45, 7) is 2.88. The number of carbonyl (C=O) groups excluding carboxylic acids is 1. The molecule has 16 heavy (non-hydrogen) atoms. The lowest BCUT2D eigenvalue weighted by molar-refractivity contribution is -0.118. The Morgan fingerprint density at radius 3 is 3.00 bits per heavy atom. The van der Waals surface area contributed by atoms with Crippen LogP contribution in [0.4, 0.5) is 5.69 Å². The highest BCUT2D eigenvalue weighted by Crippen LogP contribution is 2.14.